The van der Waals surface area contributed by atoms with Crippen molar-refractivity contribution in [2.75, 3.05) is 27.7 Å². The van der Waals surface area contributed by atoms with Crippen LogP contribution in [-0.4, -0.2) is 112 Å². The Labute approximate surface area is 503 Å². The Morgan fingerprint density at radius 3 is 1.39 bits per heavy atom. The summed E-state index contributed by atoms with van der Waals surface area (Å²) in [5, 5.41) is 58.9. The number of benzene rings is 3. The van der Waals surface area contributed by atoms with Crippen molar-refractivity contribution in [3.63, 3.8) is 0 Å². The number of methoxy groups -OCH3 is 3. The molecule has 0 amide bonds. The van der Waals surface area contributed by atoms with Gasteiger partial charge < -0.3 is 54.3 Å². The lowest BCUT2D eigenvalue weighted by Crippen LogP contribution is -2.76. The van der Waals surface area contributed by atoms with Crippen LogP contribution in [0.4, 0.5) is 0 Å². The highest BCUT2D eigenvalue weighted by molar-refractivity contribution is 5.89. The summed E-state index contributed by atoms with van der Waals surface area (Å²) < 4.78 is 93.7. The van der Waals surface area contributed by atoms with E-state index in [1.165, 1.54) is 69.2 Å². The van der Waals surface area contributed by atoms with Gasteiger partial charge >= 0.3 is 5.97 Å². The number of aromatic hydroxyl groups is 2. The van der Waals surface area contributed by atoms with E-state index in [-0.39, 0.29) is 46.5 Å². The summed E-state index contributed by atoms with van der Waals surface area (Å²) in [5.41, 5.74) is -0.790. The molecule has 3 aromatic carbocycles. The summed E-state index contributed by atoms with van der Waals surface area (Å²) in [4.78, 5) is 45.6. The number of carbonyl (C=O) groups is 2. The minimum absolute atomic E-state index is 0.00104. The van der Waals surface area contributed by atoms with Crippen LogP contribution in [0, 0.1) is 71.0 Å². The summed E-state index contributed by atoms with van der Waals surface area (Å²) in [6, 6.07) is 18.3. The quantitative estimate of drug-likeness (QED) is 0.0908. The minimum Gasteiger partial charge on any atom is -0.508 e. The largest absolute Gasteiger partial charge is 0.508 e. The number of Topliss-reactive ketones (excluding diaryl/α,β-unsaturated/α-hetero) is 1. The molecular weight excluding hydrogens is 1060 g/mol. The number of ether oxygens (including phenoxy) is 5. The van der Waals surface area contributed by atoms with Crippen molar-refractivity contribution in [1.29, 1.82) is 0 Å². The first-order chi connectivity index (χ1) is 43.6. The molecule has 0 aromatic heterocycles. The Kier molecular flexibility index (Phi) is 16.5. The Morgan fingerprint density at radius 2 is 0.976 bits per heavy atom. The van der Waals surface area contributed by atoms with Crippen molar-refractivity contribution in [1.82, 2.24) is 0 Å². The fourth-order valence-corrected chi connectivity index (χ4v) is 17.5. The van der Waals surface area contributed by atoms with Crippen LogP contribution in [0.1, 0.15) is 172 Å². The highest BCUT2D eigenvalue weighted by atomic mass is 17.3. The van der Waals surface area contributed by atoms with Crippen LogP contribution in [0.2, 0.25) is 0 Å². The van der Waals surface area contributed by atoms with Gasteiger partial charge in [-0.1, -0.05) is 71.9 Å². The molecule has 12 aliphatic carbocycles. The van der Waals surface area contributed by atoms with E-state index in [0.717, 1.165) is 69.3 Å². The van der Waals surface area contributed by atoms with Gasteiger partial charge in [-0.15, -0.1) is 0 Å². The number of esters is 1. The number of phenolic OH excluding ortho intramolecular Hbond substituents is 2. The second-order valence-electron chi connectivity index (χ2n) is 24.5. The topological polar surface area (TPSA) is 239 Å². The summed E-state index contributed by atoms with van der Waals surface area (Å²) in [6.07, 6.45) is 9.56. The summed E-state index contributed by atoms with van der Waals surface area (Å²) in [5.74, 6) is 2.76. The predicted octanol–water partition coefficient (Wildman–Crippen LogP) is 10.4. The number of hydrogen-bond donors (Lipinski definition) is 6. The van der Waals surface area contributed by atoms with Crippen molar-refractivity contribution in [3.05, 3.63) is 89.5 Å². The molecule has 83 heavy (non-hydrogen) atoms. The fraction of sp³-hybridized carbons (Fsp3) is 0.697. The number of rotatable bonds is 8. The maximum absolute atomic E-state index is 11.6. The van der Waals surface area contributed by atoms with Crippen LogP contribution in [0.3, 0.4) is 0 Å². The molecule has 7 atom stereocenters. The average molecular weight is 1170 g/mol. The first kappa shape index (κ1) is 51.9. The number of aliphatic hydroxyl groups excluding tert-OH is 4. The molecule has 2 spiro atoms. The van der Waals surface area contributed by atoms with Crippen molar-refractivity contribution < 1.29 is 95.8 Å². The van der Waals surface area contributed by atoms with Gasteiger partial charge in [0.25, 0.3) is 11.6 Å². The van der Waals surface area contributed by atoms with Crippen LogP contribution in [0.25, 0.3) is 0 Å². The summed E-state index contributed by atoms with van der Waals surface area (Å²) >= 11 is 0. The van der Waals surface area contributed by atoms with Crippen molar-refractivity contribution >= 4 is 11.8 Å². The molecule has 18 rings (SSSR count). The zero-order valence-electron chi connectivity index (χ0n) is 57.7. The van der Waals surface area contributed by atoms with Gasteiger partial charge in [0.15, 0.2) is 11.2 Å². The SMILES string of the molecule is CC.CC.CC.O=C1C2CC3CC(C2)CC1C3.[2H]C([2H])([2H])OC(=O)c1cccc(O)c1.[2H]C([2H])([2H])OC1(c2cccc(O)c2)OOC12C1CC3CC(C1)CC2C3.[2H]C([2H])([2H])OC1(c2cccc(O[C@@H]3OC(CO)C(O)[C@@H](O)C3O)c2)OOC12C1CC3CC(C1)CC2C3. The highest BCUT2D eigenvalue weighted by Gasteiger charge is 2.78. The van der Waals surface area contributed by atoms with Gasteiger partial charge in [-0.3, -0.25) is 4.79 Å². The van der Waals surface area contributed by atoms with E-state index in [1.54, 1.807) is 42.5 Å². The van der Waals surface area contributed by atoms with E-state index >= 15 is 0 Å². The maximum atomic E-state index is 11.6. The van der Waals surface area contributed by atoms with Crippen molar-refractivity contribution in [2.24, 2.45) is 71.0 Å². The minimum atomic E-state index is -2.76. The Bertz CT molecular complexity index is 2890. The second-order valence-corrected chi connectivity index (χ2v) is 24.5. The Morgan fingerprint density at radius 1 is 0.542 bits per heavy atom. The van der Waals surface area contributed by atoms with Crippen LogP contribution in [0.5, 0.6) is 17.2 Å². The molecule has 17 nitrogen and oxygen atoms in total. The Hall–Kier alpha value is -4.24. The van der Waals surface area contributed by atoms with Gasteiger partial charge in [0.05, 0.1) is 31.5 Å². The first-order valence-electron chi connectivity index (χ1n) is 35.2. The van der Waals surface area contributed by atoms with Crippen molar-refractivity contribution in [2.45, 2.75) is 191 Å². The zero-order valence-corrected chi connectivity index (χ0v) is 48.7. The third kappa shape index (κ3) is 11.2. The molecular formula is C66H94O17. The smallest absolute Gasteiger partial charge is 0.337 e. The molecule has 5 unspecified atom stereocenters. The van der Waals surface area contributed by atoms with E-state index < -0.39 is 87.2 Å². The predicted molar refractivity (Wildman–Crippen MR) is 306 cm³/mol. The summed E-state index contributed by atoms with van der Waals surface area (Å²) in [7, 11) is -8.15. The standard InChI is InChI=1S/C24H32O9.C18H22O4.C10H14O.C8H8O3.3C2H6/c1-29-24(23(32-33-24)15-6-12-5-13(8-15)9-16(23)7-12)14-3-2-4-17(10-14)30-22-21(28)20(27)19(26)18(11-25)31-22;1-20-18(13-3-2-4-16(19)10-13)17(21-22-18)14-6-11-5-12(8-14)9-15(17)7-11;11-10-8-2-6-1-7(4-8)5-9(10)3-6;1-11-8(10)6-3-2-4-7(9)5-6;3*1-2/h2-4,10,12-13,15-16,18-22,25-28H,5-9,11H2,1H3;2-4,10-12,14-15,19H,5-9H2,1H3;6-9H,1-5H2;2-5,9H,1H3;3*1-2H3/t12?,13?,15?,16?,18?,19?,20-,21?,22-,23?,24?;;;;;;/m1....../s1/i2*1D3;;1D3;;;. The third-order valence-corrected chi connectivity index (χ3v) is 20.3. The monoisotopic (exact) mass is 1170 g/mol. The molecule has 15 fully saturated rings. The number of phenols is 2. The lowest BCUT2D eigenvalue weighted by atomic mass is 9.47. The van der Waals surface area contributed by atoms with E-state index in [1.807, 2.05) is 41.5 Å². The maximum Gasteiger partial charge on any atom is 0.337 e. The van der Waals surface area contributed by atoms with Crippen LogP contribution in [-0.2, 0) is 54.9 Å². The average Bonchev–Trinajstić information content (AvgIpc) is 0.677. The van der Waals surface area contributed by atoms with Crippen molar-refractivity contribution in [3.8, 4) is 17.2 Å². The molecule has 3 aromatic rings. The molecule has 3 saturated heterocycles. The van der Waals surface area contributed by atoms with Gasteiger partial charge in [-0.2, -0.15) is 9.78 Å². The van der Waals surface area contributed by atoms with Gasteiger partial charge in [0.2, 0.25) is 6.29 Å². The highest BCUT2D eigenvalue weighted by Crippen LogP contribution is 2.71. The molecule has 460 valence electrons. The third-order valence-electron chi connectivity index (χ3n) is 20.3. The van der Waals surface area contributed by atoms with E-state index in [4.69, 9.17) is 55.9 Å². The summed E-state index contributed by atoms with van der Waals surface area (Å²) in [6.45, 7) is 11.4. The number of carbonyl (C=O) groups excluding carboxylic acids is 2. The molecule has 6 N–H and O–H groups in total. The zero-order chi connectivity index (χ0) is 67.1. The van der Waals surface area contributed by atoms with E-state index in [2.05, 4.69) is 4.74 Å². The molecule has 0 radical (unpaired) electrons. The number of aliphatic hydroxyl groups is 4. The number of hydrogen-bond acceptors (Lipinski definition) is 17. The van der Waals surface area contributed by atoms with Crippen LogP contribution < -0.4 is 4.74 Å². The van der Waals surface area contributed by atoms with Gasteiger partial charge in [-0.25, -0.2) is 14.6 Å². The van der Waals surface area contributed by atoms with Crippen LogP contribution >= 0.6 is 0 Å². The molecule has 3 heterocycles. The first-order valence-corrected chi connectivity index (χ1v) is 30.7. The van der Waals surface area contributed by atoms with E-state index in [0.29, 0.717) is 52.4 Å². The van der Waals surface area contributed by atoms with Gasteiger partial charge in [0.1, 0.15) is 47.4 Å². The molecule has 12 saturated carbocycles. The lowest BCUT2D eigenvalue weighted by molar-refractivity contribution is -0.645. The van der Waals surface area contributed by atoms with Crippen LogP contribution in [0.15, 0.2) is 72.8 Å². The van der Waals surface area contributed by atoms with Gasteiger partial charge in [-0.05, 0) is 198 Å². The lowest BCUT2D eigenvalue weighted by Gasteiger charge is -2.68. The van der Waals surface area contributed by atoms with E-state index in [9.17, 15) is 35.1 Å². The van der Waals surface area contributed by atoms with Gasteiger partial charge in [0, 0.05) is 37.0 Å². The Balaban J connectivity index is 0.000000154. The molecule has 15 aliphatic rings. The number of ketones is 1. The normalized spacial score (nSPS) is 43.5. The molecule has 17 heteroatoms. The fourth-order valence-electron chi connectivity index (χ4n) is 17.5. The molecule has 3 aliphatic heterocycles. The second kappa shape index (κ2) is 26.4. The molecule has 12 bridgehead atoms.